The molecular formula is C22H29NO4. The molecule has 0 bridgehead atoms. The average molecular weight is 371 g/mol. The number of ether oxygens (including phenoxy) is 3. The van der Waals surface area contributed by atoms with Gasteiger partial charge in [-0.15, -0.1) is 0 Å². The van der Waals surface area contributed by atoms with E-state index in [1.165, 1.54) is 5.56 Å². The summed E-state index contributed by atoms with van der Waals surface area (Å²) >= 11 is 0. The predicted molar refractivity (Wildman–Crippen MR) is 107 cm³/mol. The minimum Gasteiger partial charge on any atom is -0.490 e. The molecule has 1 N–H and O–H groups in total. The van der Waals surface area contributed by atoms with E-state index in [4.69, 9.17) is 14.2 Å². The van der Waals surface area contributed by atoms with E-state index >= 15 is 0 Å². The van der Waals surface area contributed by atoms with Gasteiger partial charge in [0.05, 0.1) is 19.3 Å². The zero-order chi connectivity index (χ0) is 19.8. The lowest BCUT2D eigenvalue weighted by atomic mass is 10.1. The van der Waals surface area contributed by atoms with Crippen LogP contribution in [0.3, 0.4) is 0 Å². The van der Waals surface area contributed by atoms with Crippen molar-refractivity contribution in [3.8, 4) is 17.2 Å². The van der Waals surface area contributed by atoms with Gasteiger partial charge in [0.1, 0.15) is 5.75 Å². The second kappa shape index (κ2) is 9.86. The van der Waals surface area contributed by atoms with E-state index in [0.29, 0.717) is 24.7 Å². The minimum absolute atomic E-state index is 0.0242. The molecule has 1 amide bonds. The maximum Gasteiger partial charge on any atom is 0.258 e. The third-order valence-electron chi connectivity index (χ3n) is 4.13. The molecule has 2 rings (SSSR count). The van der Waals surface area contributed by atoms with E-state index in [1.807, 2.05) is 71.0 Å². The maximum atomic E-state index is 12.3. The second-order valence-electron chi connectivity index (χ2n) is 6.42. The maximum absolute atomic E-state index is 12.3. The van der Waals surface area contributed by atoms with E-state index in [9.17, 15) is 4.79 Å². The first kappa shape index (κ1) is 20.6. The molecule has 0 saturated carbocycles. The standard InChI is InChI=1S/C22H29NO4/c1-6-25-20-11-9-18(13-21(20)26-7-2)17(5)23-22(24)14-27-19-10-8-15(3)12-16(19)4/h8-13,17H,6-7,14H2,1-5H3,(H,23,24)/t17-/m1/s1. The summed E-state index contributed by atoms with van der Waals surface area (Å²) < 4.78 is 16.9. The highest BCUT2D eigenvalue weighted by Crippen LogP contribution is 2.30. The molecule has 0 aliphatic rings. The Balaban J connectivity index is 1.98. The van der Waals surface area contributed by atoms with Crippen LogP contribution in [0.2, 0.25) is 0 Å². The molecular weight excluding hydrogens is 342 g/mol. The summed E-state index contributed by atoms with van der Waals surface area (Å²) in [6.45, 7) is 10.9. The van der Waals surface area contributed by atoms with Gasteiger partial charge in [-0.1, -0.05) is 23.8 Å². The Kier molecular flexibility index (Phi) is 7.53. The number of rotatable bonds is 9. The fraction of sp³-hybridized carbons (Fsp3) is 0.409. The van der Waals surface area contributed by atoms with Crippen molar-refractivity contribution in [3.05, 3.63) is 53.1 Å². The van der Waals surface area contributed by atoms with E-state index in [1.54, 1.807) is 0 Å². The molecule has 5 nitrogen and oxygen atoms in total. The molecule has 0 spiro atoms. The van der Waals surface area contributed by atoms with Gasteiger partial charge in [0.25, 0.3) is 5.91 Å². The van der Waals surface area contributed by atoms with Crippen LogP contribution >= 0.6 is 0 Å². The van der Waals surface area contributed by atoms with Gasteiger partial charge in [0.15, 0.2) is 18.1 Å². The van der Waals surface area contributed by atoms with Crippen LogP contribution in [-0.2, 0) is 4.79 Å². The first-order chi connectivity index (χ1) is 12.9. The summed E-state index contributed by atoms with van der Waals surface area (Å²) in [5.74, 6) is 1.95. The molecule has 0 radical (unpaired) electrons. The fourth-order valence-electron chi connectivity index (χ4n) is 2.81. The van der Waals surface area contributed by atoms with Crippen molar-refractivity contribution >= 4 is 5.91 Å². The van der Waals surface area contributed by atoms with Crippen molar-refractivity contribution < 1.29 is 19.0 Å². The van der Waals surface area contributed by atoms with Crippen LogP contribution in [0.25, 0.3) is 0 Å². The summed E-state index contributed by atoms with van der Waals surface area (Å²) in [6.07, 6.45) is 0. The van der Waals surface area contributed by atoms with Gasteiger partial charge in [0, 0.05) is 0 Å². The minimum atomic E-state index is -0.172. The van der Waals surface area contributed by atoms with Crippen molar-refractivity contribution in [2.75, 3.05) is 19.8 Å². The summed E-state index contributed by atoms with van der Waals surface area (Å²) in [7, 11) is 0. The second-order valence-corrected chi connectivity index (χ2v) is 6.42. The molecule has 27 heavy (non-hydrogen) atoms. The van der Waals surface area contributed by atoms with Crippen molar-refractivity contribution in [2.45, 2.75) is 40.7 Å². The summed E-state index contributed by atoms with van der Waals surface area (Å²) in [6, 6.07) is 11.4. The summed E-state index contributed by atoms with van der Waals surface area (Å²) in [5, 5.41) is 2.96. The van der Waals surface area contributed by atoms with Crippen LogP contribution in [0.4, 0.5) is 0 Å². The van der Waals surface area contributed by atoms with E-state index in [-0.39, 0.29) is 18.6 Å². The van der Waals surface area contributed by atoms with Gasteiger partial charge in [-0.05, 0) is 63.9 Å². The Morgan fingerprint density at radius 3 is 2.26 bits per heavy atom. The van der Waals surface area contributed by atoms with E-state index in [2.05, 4.69) is 5.32 Å². The van der Waals surface area contributed by atoms with Crippen LogP contribution in [0, 0.1) is 13.8 Å². The van der Waals surface area contributed by atoms with Gasteiger partial charge in [0.2, 0.25) is 0 Å². The van der Waals surface area contributed by atoms with Gasteiger partial charge < -0.3 is 19.5 Å². The fourth-order valence-corrected chi connectivity index (χ4v) is 2.81. The molecule has 146 valence electrons. The largest absolute Gasteiger partial charge is 0.490 e. The quantitative estimate of drug-likeness (QED) is 0.712. The summed E-state index contributed by atoms with van der Waals surface area (Å²) in [4.78, 5) is 12.3. The van der Waals surface area contributed by atoms with Crippen molar-refractivity contribution in [1.82, 2.24) is 5.32 Å². The average Bonchev–Trinajstić information content (AvgIpc) is 2.62. The molecule has 5 heteroatoms. The molecule has 2 aromatic rings. The van der Waals surface area contributed by atoms with Crippen LogP contribution in [0.15, 0.2) is 36.4 Å². The predicted octanol–water partition coefficient (Wildman–Crippen LogP) is 4.36. The topological polar surface area (TPSA) is 56.8 Å². The Morgan fingerprint density at radius 1 is 0.926 bits per heavy atom. The van der Waals surface area contributed by atoms with Crippen LogP contribution in [0.1, 0.15) is 43.5 Å². The molecule has 2 aromatic carbocycles. The zero-order valence-electron chi connectivity index (χ0n) is 16.8. The molecule has 0 unspecified atom stereocenters. The number of carbonyl (C=O) groups excluding carboxylic acids is 1. The molecule has 0 heterocycles. The van der Waals surface area contributed by atoms with Crippen LogP contribution in [0.5, 0.6) is 17.2 Å². The third kappa shape index (κ3) is 5.91. The van der Waals surface area contributed by atoms with Crippen molar-refractivity contribution in [1.29, 1.82) is 0 Å². The normalized spacial score (nSPS) is 11.6. The summed E-state index contributed by atoms with van der Waals surface area (Å²) in [5.41, 5.74) is 3.13. The Morgan fingerprint density at radius 2 is 1.59 bits per heavy atom. The first-order valence-corrected chi connectivity index (χ1v) is 9.33. The van der Waals surface area contributed by atoms with Gasteiger partial charge in [-0.25, -0.2) is 0 Å². The van der Waals surface area contributed by atoms with Gasteiger partial charge in [-0.3, -0.25) is 4.79 Å². The molecule has 0 fully saturated rings. The lowest BCUT2D eigenvalue weighted by Gasteiger charge is -2.18. The number of benzene rings is 2. The highest BCUT2D eigenvalue weighted by atomic mass is 16.5. The number of hydrogen-bond donors (Lipinski definition) is 1. The lowest BCUT2D eigenvalue weighted by molar-refractivity contribution is -0.123. The SMILES string of the molecule is CCOc1ccc([C@@H](C)NC(=O)COc2ccc(C)cc2C)cc1OCC. The van der Waals surface area contributed by atoms with Crippen LogP contribution in [-0.4, -0.2) is 25.7 Å². The number of amides is 1. The molecule has 0 saturated heterocycles. The Bertz CT molecular complexity index is 773. The Labute approximate surface area is 161 Å². The van der Waals surface area contributed by atoms with Crippen LogP contribution < -0.4 is 19.5 Å². The first-order valence-electron chi connectivity index (χ1n) is 9.33. The zero-order valence-corrected chi connectivity index (χ0v) is 16.8. The molecule has 0 aromatic heterocycles. The monoisotopic (exact) mass is 371 g/mol. The van der Waals surface area contributed by atoms with Gasteiger partial charge in [-0.2, -0.15) is 0 Å². The number of carbonyl (C=O) groups is 1. The lowest BCUT2D eigenvalue weighted by Crippen LogP contribution is -2.31. The number of hydrogen-bond acceptors (Lipinski definition) is 4. The molecule has 0 aliphatic carbocycles. The van der Waals surface area contributed by atoms with Crippen molar-refractivity contribution in [2.24, 2.45) is 0 Å². The van der Waals surface area contributed by atoms with E-state index < -0.39 is 0 Å². The highest BCUT2D eigenvalue weighted by molar-refractivity contribution is 5.78. The smallest absolute Gasteiger partial charge is 0.258 e. The number of nitrogens with one attached hydrogen (secondary N) is 1. The third-order valence-corrected chi connectivity index (χ3v) is 4.13. The Hall–Kier alpha value is -2.69. The molecule has 0 aliphatic heterocycles. The van der Waals surface area contributed by atoms with Gasteiger partial charge >= 0.3 is 0 Å². The number of aryl methyl sites for hydroxylation is 2. The molecule has 1 atom stereocenters. The van der Waals surface area contributed by atoms with E-state index in [0.717, 1.165) is 16.9 Å². The highest BCUT2D eigenvalue weighted by Gasteiger charge is 2.14. The van der Waals surface area contributed by atoms with Crippen molar-refractivity contribution in [3.63, 3.8) is 0 Å².